The Morgan fingerprint density at radius 2 is 2.00 bits per heavy atom. The Bertz CT molecular complexity index is 864. The number of methoxy groups -OCH3 is 2. The molecule has 1 heterocycles. The highest BCUT2D eigenvalue weighted by atomic mass is 16.6. The van der Waals surface area contributed by atoms with Crippen molar-refractivity contribution in [2.45, 2.75) is 39.7 Å². The van der Waals surface area contributed by atoms with E-state index in [9.17, 15) is 19.7 Å². The van der Waals surface area contributed by atoms with E-state index in [1.807, 2.05) is 20.8 Å². The summed E-state index contributed by atoms with van der Waals surface area (Å²) in [5, 5.41) is 17.0. The zero-order valence-electron chi connectivity index (χ0n) is 17.7. The first-order valence-electron chi connectivity index (χ1n) is 9.64. The summed E-state index contributed by atoms with van der Waals surface area (Å²) in [4.78, 5) is 35.9. The van der Waals surface area contributed by atoms with E-state index in [2.05, 4.69) is 10.6 Å². The molecule has 1 aliphatic heterocycles. The maximum Gasteiger partial charge on any atom is 0.337 e. The molecule has 1 aliphatic rings. The minimum Gasteiger partial charge on any atom is -0.493 e. The number of allylic oxidation sites excluding steroid dienone is 1. The van der Waals surface area contributed by atoms with Crippen LogP contribution in [-0.2, 0) is 9.53 Å². The fraction of sp³-hybridized carbons (Fsp3) is 0.500. The number of ether oxygens (including phenoxy) is 3. The van der Waals surface area contributed by atoms with Crippen LogP contribution in [0.4, 0.5) is 10.5 Å². The number of amides is 2. The van der Waals surface area contributed by atoms with Crippen molar-refractivity contribution in [3.05, 3.63) is 39.1 Å². The first kappa shape index (κ1) is 23.0. The summed E-state index contributed by atoms with van der Waals surface area (Å²) in [7, 11) is 2.60. The number of hydrogen-bond donors (Lipinski definition) is 2. The molecule has 1 atom stereocenters. The summed E-state index contributed by atoms with van der Waals surface area (Å²) in [5.74, 6) is -0.701. The van der Waals surface area contributed by atoms with E-state index in [0.717, 1.165) is 12.8 Å². The molecule has 2 amide bonds. The molecule has 0 aromatic heterocycles. The van der Waals surface area contributed by atoms with Gasteiger partial charge in [0, 0.05) is 11.8 Å². The van der Waals surface area contributed by atoms with Crippen molar-refractivity contribution >= 4 is 17.7 Å². The number of esters is 1. The SMILES string of the molecule is CCCCOc1c(OC)cc(C2NC(=O)NC(C(C)C)=C2C(=O)OC)cc1[N+](=O)[O-]. The summed E-state index contributed by atoms with van der Waals surface area (Å²) in [5.41, 5.74) is 0.543. The maximum atomic E-state index is 12.5. The Balaban J connectivity index is 2.66. The average molecular weight is 421 g/mol. The summed E-state index contributed by atoms with van der Waals surface area (Å²) < 4.78 is 15.8. The van der Waals surface area contributed by atoms with Crippen LogP contribution in [0.2, 0.25) is 0 Å². The third kappa shape index (κ3) is 4.81. The standard InChI is InChI=1S/C20H27N3O7/c1-6-7-8-30-18-13(23(26)27)9-12(10-14(18)28-4)17-15(19(24)29-5)16(11(2)3)21-20(25)22-17/h9-11,17H,6-8H2,1-5H3,(H2,21,22,25). The molecule has 30 heavy (non-hydrogen) atoms. The van der Waals surface area contributed by atoms with Gasteiger partial charge in [0.1, 0.15) is 0 Å². The van der Waals surface area contributed by atoms with Crippen LogP contribution >= 0.6 is 0 Å². The molecule has 1 aromatic rings. The number of benzene rings is 1. The smallest absolute Gasteiger partial charge is 0.337 e. The van der Waals surface area contributed by atoms with Gasteiger partial charge in [0.05, 0.1) is 37.4 Å². The lowest BCUT2D eigenvalue weighted by Crippen LogP contribution is -2.47. The molecule has 1 aromatic carbocycles. The van der Waals surface area contributed by atoms with Crippen LogP contribution in [0.15, 0.2) is 23.4 Å². The number of carbonyl (C=O) groups excluding carboxylic acids is 2. The van der Waals surface area contributed by atoms with E-state index in [1.54, 1.807) is 0 Å². The van der Waals surface area contributed by atoms with E-state index >= 15 is 0 Å². The molecule has 2 rings (SSSR count). The van der Waals surface area contributed by atoms with Crippen molar-refractivity contribution < 1.29 is 28.7 Å². The zero-order valence-corrected chi connectivity index (χ0v) is 17.7. The first-order valence-corrected chi connectivity index (χ1v) is 9.64. The topological polar surface area (TPSA) is 129 Å². The van der Waals surface area contributed by atoms with Gasteiger partial charge in [-0.1, -0.05) is 27.2 Å². The molecule has 0 bridgehead atoms. The molecule has 0 aliphatic carbocycles. The van der Waals surface area contributed by atoms with Crippen molar-refractivity contribution in [3.63, 3.8) is 0 Å². The number of nitrogens with one attached hydrogen (secondary N) is 2. The van der Waals surface area contributed by atoms with E-state index in [1.165, 1.54) is 26.4 Å². The molecule has 0 saturated carbocycles. The Morgan fingerprint density at radius 1 is 1.30 bits per heavy atom. The molecule has 0 saturated heterocycles. The lowest BCUT2D eigenvalue weighted by atomic mass is 9.91. The van der Waals surface area contributed by atoms with Crippen LogP contribution in [0, 0.1) is 16.0 Å². The predicted octanol–water partition coefficient (Wildman–Crippen LogP) is 3.22. The van der Waals surface area contributed by atoms with Crippen molar-refractivity contribution in [1.29, 1.82) is 0 Å². The van der Waals surface area contributed by atoms with E-state index in [4.69, 9.17) is 14.2 Å². The molecule has 0 spiro atoms. The number of nitro groups is 1. The summed E-state index contributed by atoms with van der Waals surface area (Å²) in [6, 6.07) is 1.31. The Morgan fingerprint density at radius 3 is 2.53 bits per heavy atom. The lowest BCUT2D eigenvalue weighted by molar-refractivity contribution is -0.386. The van der Waals surface area contributed by atoms with Crippen LogP contribution in [0.25, 0.3) is 0 Å². The van der Waals surface area contributed by atoms with Crippen LogP contribution < -0.4 is 20.1 Å². The fourth-order valence-electron chi connectivity index (χ4n) is 3.15. The second-order valence-electron chi connectivity index (χ2n) is 7.04. The number of hydrogen-bond acceptors (Lipinski definition) is 7. The monoisotopic (exact) mass is 421 g/mol. The van der Waals surface area contributed by atoms with Crippen LogP contribution in [0.1, 0.15) is 45.2 Å². The van der Waals surface area contributed by atoms with Gasteiger partial charge < -0.3 is 24.8 Å². The van der Waals surface area contributed by atoms with Gasteiger partial charge in [-0.15, -0.1) is 0 Å². The third-order valence-corrected chi connectivity index (χ3v) is 4.64. The first-order chi connectivity index (χ1) is 14.2. The van der Waals surface area contributed by atoms with Crippen LogP contribution in [-0.4, -0.2) is 37.8 Å². The molecule has 2 N–H and O–H groups in total. The van der Waals surface area contributed by atoms with Gasteiger partial charge in [-0.3, -0.25) is 10.1 Å². The molecule has 10 heteroatoms. The van der Waals surface area contributed by atoms with Crippen molar-refractivity contribution in [2.75, 3.05) is 20.8 Å². The number of nitro benzene ring substituents is 1. The van der Waals surface area contributed by atoms with E-state index in [-0.39, 0.29) is 28.7 Å². The normalized spacial score (nSPS) is 16.1. The average Bonchev–Trinajstić information content (AvgIpc) is 2.72. The highest BCUT2D eigenvalue weighted by Gasteiger charge is 2.36. The van der Waals surface area contributed by atoms with Crippen molar-refractivity contribution in [1.82, 2.24) is 10.6 Å². The Kier molecular flexibility index (Phi) is 7.62. The fourth-order valence-corrected chi connectivity index (χ4v) is 3.15. The minimum atomic E-state index is -0.958. The Hall–Kier alpha value is -3.30. The van der Waals surface area contributed by atoms with Crippen LogP contribution in [0.3, 0.4) is 0 Å². The van der Waals surface area contributed by atoms with Gasteiger partial charge >= 0.3 is 17.7 Å². The highest BCUT2D eigenvalue weighted by Crippen LogP contribution is 2.42. The molecule has 164 valence electrons. The predicted molar refractivity (Wildman–Crippen MR) is 108 cm³/mol. The van der Waals surface area contributed by atoms with Gasteiger partial charge in [0.25, 0.3) is 0 Å². The lowest BCUT2D eigenvalue weighted by Gasteiger charge is -2.31. The van der Waals surface area contributed by atoms with Gasteiger partial charge in [0.15, 0.2) is 5.75 Å². The van der Waals surface area contributed by atoms with Crippen molar-refractivity contribution in [2.24, 2.45) is 5.92 Å². The third-order valence-electron chi connectivity index (χ3n) is 4.64. The van der Waals surface area contributed by atoms with E-state index < -0.39 is 23.0 Å². The summed E-state index contributed by atoms with van der Waals surface area (Å²) in [6.07, 6.45) is 1.58. The second kappa shape index (κ2) is 9.95. The molecular weight excluding hydrogens is 394 g/mol. The number of nitrogens with zero attached hydrogens (tertiary/aromatic N) is 1. The second-order valence-corrected chi connectivity index (χ2v) is 7.04. The van der Waals surface area contributed by atoms with Gasteiger partial charge in [-0.05, 0) is 24.0 Å². The highest BCUT2D eigenvalue weighted by molar-refractivity contribution is 5.95. The summed E-state index contributed by atoms with van der Waals surface area (Å²) >= 11 is 0. The molecule has 1 unspecified atom stereocenters. The Labute approximate surface area is 174 Å². The maximum absolute atomic E-state index is 12.5. The molecule has 0 radical (unpaired) electrons. The zero-order chi connectivity index (χ0) is 22.4. The number of carbonyl (C=O) groups is 2. The molecular formula is C20H27N3O7. The van der Waals surface area contributed by atoms with Gasteiger partial charge in [-0.2, -0.15) is 0 Å². The minimum absolute atomic E-state index is 0.00708. The van der Waals surface area contributed by atoms with Gasteiger partial charge in [-0.25, -0.2) is 9.59 Å². The van der Waals surface area contributed by atoms with E-state index in [0.29, 0.717) is 17.9 Å². The van der Waals surface area contributed by atoms with Crippen molar-refractivity contribution in [3.8, 4) is 11.5 Å². The summed E-state index contributed by atoms with van der Waals surface area (Å²) in [6.45, 7) is 5.90. The molecule has 0 fully saturated rings. The number of unbranched alkanes of at least 4 members (excludes halogenated alkanes) is 1. The van der Waals surface area contributed by atoms with Gasteiger partial charge in [0.2, 0.25) is 5.75 Å². The number of urea groups is 1. The molecule has 10 nitrogen and oxygen atoms in total. The largest absolute Gasteiger partial charge is 0.493 e. The quantitative estimate of drug-likeness (QED) is 0.271. The van der Waals surface area contributed by atoms with Crippen LogP contribution in [0.5, 0.6) is 11.5 Å². The number of rotatable bonds is 9.